The van der Waals surface area contributed by atoms with E-state index in [9.17, 15) is 10.2 Å². The molecule has 0 bridgehead atoms. The molecule has 0 aromatic heterocycles. The molecule has 5 rings (SSSR count). The lowest BCUT2D eigenvalue weighted by atomic mass is 9.87. The number of hydrogen-bond acceptors (Lipinski definition) is 12. The van der Waals surface area contributed by atoms with Gasteiger partial charge in [-0.3, -0.25) is 9.98 Å². The number of phenols is 2. The molecule has 36 heavy (non-hydrogen) atoms. The Morgan fingerprint density at radius 3 is 1.25 bits per heavy atom. The number of hydrogen-bond donors (Lipinski definition) is 2. The Bertz CT molecular complexity index is 1020. The minimum Gasteiger partial charge on any atom is -0.504 e. The second-order valence-electron chi connectivity index (χ2n) is 9.43. The lowest BCUT2D eigenvalue weighted by molar-refractivity contribution is -0.129. The number of thioether (sulfide) groups is 2. The predicted octanol–water partition coefficient (Wildman–Crippen LogP) is 0.920. The van der Waals surface area contributed by atoms with Crippen molar-refractivity contribution < 1.29 is 38.6 Å². The minimum absolute atomic E-state index is 0.0328. The van der Waals surface area contributed by atoms with Gasteiger partial charge >= 0.3 is 0 Å². The van der Waals surface area contributed by atoms with E-state index in [2.05, 4.69) is 0 Å². The van der Waals surface area contributed by atoms with Crippen molar-refractivity contribution in [3.05, 3.63) is 10.7 Å². The Balaban J connectivity index is 1.60. The van der Waals surface area contributed by atoms with Crippen LogP contribution < -0.4 is 10.7 Å². The second kappa shape index (κ2) is 10.6. The van der Waals surface area contributed by atoms with Gasteiger partial charge in [0.05, 0.1) is 44.6 Å². The molecule has 1 aromatic carbocycles. The van der Waals surface area contributed by atoms with Crippen LogP contribution in [0.1, 0.15) is 12.8 Å². The molecule has 12 heteroatoms. The van der Waals surface area contributed by atoms with Crippen LogP contribution in [-0.4, -0.2) is 112 Å². The Morgan fingerprint density at radius 1 is 0.583 bits per heavy atom. The molecule has 0 amide bonds. The van der Waals surface area contributed by atoms with Crippen LogP contribution in [0.15, 0.2) is 19.8 Å². The number of benzene rings is 1. The van der Waals surface area contributed by atoms with Crippen LogP contribution in [-0.2, 0) is 28.4 Å². The van der Waals surface area contributed by atoms with Gasteiger partial charge in [0.2, 0.25) is 0 Å². The summed E-state index contributed by atoms with van der Waals surface area (Å²) >= 11 is 2.92. The van der Waals surface area contributed by atoms with Gasteiger partial charge in [-0.05, 0) is 12.8 Å². The maximum Gasteiger partial charge on any atom is 0.158 e. The normalized spacial score (nSPS) is 39.2. The third-order valence-corrected chi connectivity index (χ3v) is 10.8. The van der Waals surface area contributed by atoms with Crippen molar-refractivity contribution in [3.8, 4) is 11.5 Å². The fraction of sp³-hybridized carbons (Fsp3) is 0.750. The van der Waals surface area contributed by atoms with E-state index in [1.165, 1.54) is 23.5 Å². The summed E-state index contributed by atoms with van der Waals surface area (Å²) in [5.74, 6) is 0.0656. The average Bonchev–Trinajstić information content (AvgIpc) is 2.91. The maximum absolute atomic E-state index is 11.4. The molecular formula is C24H34N2O8S2. The topological polar surface area (TPSA) is 121 Å². The molecule has 1 aromatic rings. The highest BCUT2D eigenvalue weighted by Gasteiger charge is 2.51. The summed E-state index contributed by atoms with van der Waals surface area (Å²) in [6.07, 6.45) is -0.312. The molecule has 2 N–H and O–H groups in total. The highest BCUT2D eigenvalue weighted by atomic mass is 32.2. The van der Waals surface area contributed by atoms with Crippen molar-refractivity contribution in [2.45, 2.75) is 81.8 Å². The zero-order valence-electron chi connectivity index (χ0n) is 21.2. The van der Waals surface area contributed by atoms with Gasteiger partial charge in [0.15, 0.2) is 11.5 Å². The number of fused-ring (bicyclic) bond motifs is 4. The molecule has 10 nitrogen and oxygen atoms in total. The van der Waals surface area contributed by atoms with Crippen LogP contribution in [0, 0.1) is 0 Å². The quantitative estimate of drug-likeness (QED) is 0.502. The zero-order chi connectivity index (χ0) is 25.7. The lowest BCUT2D eigenvalue weighted by Gasteiger charge is -2.45. The zero-order valence-corrected chi connectivity index (χ0v) is 22.9. The predicted molar refractivity (Wildman–Crippen MR) is 133 cm³/mol. The van der Waals surface area contributed by atoms with E-state index in [-0.39, 0.29) is 70.7 Å². The SMILES string of the molecule is COC1CC2N=c3c(O)c4c(c(O)c3SC2C(OC)C1OC)=NC1CC(OC)C(OC)C(OC)C1S4. The van der Waals surface area contributed by atoms with Gasteiger partial charge < -0.3 is 38.6 Å². The Labute approximate surface area is 218 Å². The van der Waals surface area contributed by atoms with Gasteiger partial charge in [-0.1, -0.05) is 0 Å². The number of methoxy groups -OCH3 is 6. The van der Waals surface area contributed by atoms with Crippen molar-refractivity contribution in [2.75, 3.05) is 42.7 Å². The first-order valence-electron chi connectivity index (χ1n) is 12.0. The molecule has 10 atom stereocenters. The van der Waals surface area contributed by atoms with Crippen molar-refractivity contribution >= 4 is 23.5 Å². The third-order valence-electron chi connectivity index (χ3n) is 7.83. The molecule has 10 unspecified atom stereocenters. The summed E-state index contributed by atoms with van der Waals surface area (Å²) in [4.78, 5) is 10.9. The van der Waals surface area contributed by atoms with Crippen LogP contribution in [0.5, 0.6) is 11.5 Å². The van der Waals surface area contributed by atoms with Crippen molar-refractivity contribution in [1.82, 2.24) is 0 Å². The average molecular weight is 543 g/mol. The van der Waals surface area contributed by atoms with Gasteiger partial charge in [0.25, 0.3) is 0 Å². The molecule has 0 saturated heterocycles. The highest BCUT2D eigenvalue weighted by Crippen LogP contribution is 2.47. The second-order valence-corrected chi connectivity index (χ2v) is 11.8. The molecule has 2 saturated carbocycles. The van der Waals surface area contributed by atoms with Crippen molar-refractivity contribution in [1.29, 1.82) is 0 Å². The molecule has 0 radical (unpaired) electrons. The Morgan fingerprint density at radius 2 is 0.944 bits per heavy atom. The van der Waals surface area contributed by atoms with Gasteiger partial charge in [-0.15, -0.1) is 23.5 Å². The van der Waals surface area contributed by atoms with Gasteiger partial charge in [0, 0.05) is 42.7 Å². The summed E-state index contributed by atoms with van der Waals surface area (Å²) in [7, 11) is 9.89. The maximum atomic E-state index is 11.4. The lowest BCUT2D eigenvalue weighted by Crippen LogP contribution is -2.58. The number of aromatic hydroxyl groups is 2. The number of ether oxygens (including phenoxy) is 6. The van der Waals surface area contributed by atoms with Crippen LogP contribution >= 0.6 is 23.5 Å². The van der Waals surface area contributed by atoms with E-state index in [1.54, 1.807) is 42.7 Å². The number of nitrogens with zero attached hydrogens (tertiary/aromatic N) is 2. The molecule has 200 valence electrons. The monoisotopic (exact) mass is 542 g/mol. The van der Waals surface area contributed by atoms with Gasteiger partial charge in [-0.2, -0.15) is 0 Å². The standard InChI is InChI=1S/C24H34N2O8S2/c1-29-11-7-9-21(19(33-5)17(11)31-3)35-23-13(25-9)15(27)24-14(16(23)28)26-10-8-12(30-2)18(32-4)20(34-6)22(10)36-24/h9-12,17-22,27-28H,7-8H2,1-6H3. The first-order chi connectivity index (χ1) is 17.4. The van der Waals surface area contributed by atoms with E-state index in [0.29, 0.717) is 33.3 Å². The summed E-state index contributed by atoms with van der Waals surface area (Å²) in [5, 5.41) is 23.4. The van der Waals surface area contributed by atoms with Crippen LogP contribution in [0.2, 0.25) is 0 Å². The summed E-state index contributed by atoms with van der Waals surface area (Å²) in [6, 6.07) is -0.348. The van der Waals surface area contributed by atoms with E-state index < -0.39 is 0 Å². The van der Waals surface area contributed by atoms with E-state index in [0.717, 1.165) is 0 Å². The number of rotatable bonds is 6. The minimum atomic E-state index is -0.303. The van der Waals surface area contributed by atoms with Gasteiger partial charge in [-0.25, -0.2) is 0 Å². The molecule has 2 aliphatic carbocycles. The molecule has 2 heterocycles. The highest BCUT2D eigenvalue weighted by molar-refractivity contribution is 8.00. The van der Waals surface area contributed by atoms with E-state index in [1.807, 2.05) is 0 Å². The van der Waals surface area contributed by atoms with Crippen molar-refractivity contribution in [2.24, 2.45) is 9.98 Å². The van der Waals surface area contributed by atoms with E-state index >= 15 is 0 Å². The van der Waals surface area contributed by atoms with Crippen LogP contribution in [0.3, 0.4) is 0 Å². The Hall–Kier alpha value is -1.12. The first kappa shape index (κ1) is 26.5. The fourth-order valence-corrected chi connectivity index (χ4v) is 9.02. The summed E-state index contributed by atoms with van der Waals surface area (Å²) < 4.78 is 34.5. The summed E-state index contributed by atoms with van der Waals surface area (Å²) in [5.41, 5.74) is 0. The largest absolute Gasteiger partial charge is 0.504 e. The fourth-order valence-electron chi connectivity index (χ4n) is 6.08. The van der Waals surface area contributed by atoms with Gasteiger partial charge in [0.1, 0.15) is 35.1 Å². The Kier molecular flexibility index (Phi) is 7.77. The van der Waals surface area contributed by atoms with E-state index in [4.69, 9.17) is 38.4 Å². The smallest absolute Gasteiger partial charge is 0.158 e. The molecule has 2 aliphatic heterocycles. The summed E-state index contributed by atoms with van der Waals surface area (Å²) in [6.45, 7) is 0. The molecule has 0 spiro atoms. The van der Waals surface area contributed by atoms with Crippen molar-refractivity contribution in [3.63, 3.8) is 0 Å². The molecular weight excluding hydrogens is 508 g/mol. The van der Waals surface area contributed by atoms with Crippen LogP contribution in [0.4, 0.5) is 0 Å². The molecule has 2 fully saturated rings. The third kappa shape index (κ3) is 4.05. The molecule has 4 aliphatic rings. The van der Waals surface area contributed by atoms with Crippen LogP contribution in [0.25, 0.3) is 0 Å². The number of phenolic OH excluding ortho intramolecular Hbond substituents is 2. The first-order valence-corrected chi connectivity index (χ1v) is 13.7.